The van der Waals surface area contributed by atoms with Gasteiger partial charge in [0, 0.05) is 10.7 Å². The summed E-state index contributed by atoms with van der Waals surface area (Å²) in [6, 6.07) is 7.78. The van der Waals surface area contributed by atoms with E-state index < -0.39 is 0 Å². The van der Waals surface area contributed by atoms with Crippen LogP contribution in [0.2, 0.25) is 5.02 Å². The zero-order valence-electron chi connectivity index (χ0n) is 10.1. The molecule has 2 N–H and O–H groups in total. The van der Waals surface area contributed by atoms with Gasteiger partial charge in [0.05, 0.1) is 10.7 Å². The lowest BCUT2D eigenvalue weighted by atomic mass is 10.2. The average molecular weight is 338 g/mol. The molecule has 0 spiro atoms. The van der Waals surface area contributed by atoms with Gasteiger partial charge in [-0.05, 0) is 46.6 Å². The van der Waals surface area contributed by atoms with Crippen molar-refractivity contribution in [1.29, 1.82) is 0 Å². The first-order valence-electron chi connectivity index (χ1n) is 5.62. The number of aryl methyl sites for hydroxylation is 1. The number of hydrogen-bond acceptors (Lipinski definition) is 3. The summed E-state index contributed by atoms with van der Waals surface area (Å²) < 4.78 is 2.74. The summed E-state index contributed by atoms with van der Waals surface area (Å²) in [4.78, 5) is 8.61. The second kappa shape index (κ2) is 4.51. The third-order valence-electron chi connectivity index (χ3n) is 2.83. The molecule has 4 nitrogen and oxygen atoms in total. The third kappa shape index (κ3) is 2.09. The summed E-state index contributed by atoms with van der Waals surface area (Å²) in [6.45, 7) is 2.02. The molecule has 6 heteroatoms. The summed E-state index contributed by atoms with van der Waals surface area (Å²) in [7, 11) is 0. The Morgan fingerprint density at radius 3 is 2.89 bits per heavy atom. The van der Waals surface area contributed by atoms with Crippen LogP contribution < -0.4 is 5.73 Å². The maximum Gasteiger partial charge on any atom is 0.207 e. The fourth-order valence-electron chi connectivity index (χ4n) is 1.99. The summed E-state index contributed by atoms with van der Waals surface area (Å²) in [5, 5.41) is 0.542. The van der Waals surface area contributed by atoms with Crippen LogP contribution in [0.4, 0.5) is 5.95 Å². The normalized spacial score (nSPS) is 11.1. The number of nitrogens with two attached hydrogens (primary N) is 1. The average Bonchev–Trinajstić information content (AvgIpc) is 2.67. The number of aromatic nitrogens is 3. The number of nitrogen functional groups attached to an aromatic ring is 1. The number of fused-ring (bicyclic) bond motifs is 1. The Morgan fingerprint density at radius 1 is 1.32 bits per heavy atom. The molecule has 0 unspecified atom stereocenters. The smallest absolute Gasteiger partial charge is 0.207 e. The van der Waals surface area contributed by atoms with Crippen LogP contribution in [0.15, 0.2) is 34.9 Å². The Kier molecular flexibility index (Phi) is 2.95. The van der Waals surface area contributed by atoms with E-state index in [-0.39, 0.29) is 0 Å². The number of anilines is 1. The summed E-state index contributed by atoms with van der Waals surface area (Å²) in [5.74, 6) is 0.385. The number of pyridine rings is 1. The van der Waals surface area contributed by atoms with E-state index >= 15 is 0 Å². The molecule has 0 atom stereocenters. The number of rotatable bonds is 1. The monoisotopic (exact) mass is 336 g/mol. The van der Waals surface area contributed by atoms with Crippen molar-refractivity contribution in [2.45, 2.75) is 6.92 Å². The maximum absolute atomic E-state index is 6.00. The van der Waals surface area contributed by atoms with Crippen LogP contribution in [0.1, 0.15) is 5.56 Å². The molecule has 0 saturated carbocycles. The van der Waals surface area contributed by atoms with Crippen molar-refractivity contribution in [1.82, 2.24) is 14.5 Å². The first-order valence-corrected chi connectivity index (χ1v) is 6.79. The Balaban J connectivity index is 2.36. The van der Waals surface area contributed by atoms with E-state index in [1.807, 2.05) is 29.7 Å². The van der Waals surface area contributed by atoms with Gasteiger partial charge in [0.25, 0.3) is 0 Å². The molecule has 3 rings (SSSR count). The van der Waals surface area contributed by atoms with Gasteiger partial charge >= 0.3 is 0 Å². The largest absolute Gasteiger partial charge is 0.369 e. The highest BCUT2D eigenvalue weighted by molar-refractivity contribution is 9.10. The number of hydrogen-bond donors (Lipinski definition) is 1. The van der Waals surface area contributed by atoms with Crippen LogP contribution in [-0.2, 0) is 0 Å². The van der Waals surface area contributed by atoms with Crippen molar-refractivity contribution >= 4 is 44.6 Å². The van der Waals surface area contributed by atoms with E-state index in [1.165, 1.54) is 0 Å². The first-order chi connectivity index (χ1) is 9.06. The van der Waals surface area contributed by atoms with E-state index in [0.717, 1.165) is 15.7 Å². The van der Waals surface area contributed by atoms with Crippen molar-refractivity contribution in [3.8, 4) is 5.69 Å². The first kappa shape index (κ1) is 12.4. The van der Waals surface area contributed by atoms with Gasteiger partial charge in [-0.1, -0.05) is 17.7 Å². The summed E-state index contributed by atoms with van der Waals surface area (Å²) in [5.41, 5.74) is 9.41. The predicted octanol–water partition coefficient (Wildman–Crippen LogP) is 3.73. The van der Waals surface area contributed by atoms with E-state index in [2.05, 4.69) is 25.9 Å². The lowest BCUT2D eigenvalue weighted by Crippen LogP contribution is -2.02. The molecule has 3 aromatic rings. The van der Waals surface area contributed by atoms with Crippen LogP contribution in [0, 0.1) is 6.92 Å². The molecule has 0 fully saturated rings. The third-order valence-corrected chi connectivity index (χ3v) is 3.71. The van der Waals surface area contributed by atoms with Crippen LogP contribution in [0.25, 0.3) is 16.9 Å². The van der Waals surface area contributed by atoms with Crippen molar-refractivity contribution in [2.75, 3.05) is 5.73 Å². The molecule has 0 aliphatic heterocycles. The highest BCUT2D eigenvalue weighted by atomic mass is 79.9. The van der Waals surface area contributed by atoms with Crippen molar-refractivity contribution < 1.29 is 0 Å². The SMILES string of the molecule is Cc1ccc(Br)c(-n2c(N)nc3cc(Cl)cnc32)c1. The number of benzene rings is 1. The van der Waals surface area contributed by atoms with E-state index in [0.29, 0.717) is 22.1 Å². The molecule has 0 aliphatic rings. The van der Waals surface area contributed by atoms with Crippen LogP contribution in [0.5, 0.6) is 0 Å². The van der Waals surface area contributed by atoms with Gasteiger partial charge < -0.3 is 5.73 Å². The standard InChI is InChI=1S/C13H10BrClN4/c1-7-2-3-9(14)11(4-7)19-12-10(18-13(19)16)5-8(15)6-17-12/h2-6H,1H3,(H2,16,18). The molecule has 0 bridgehead atoms. The topological polar surface area (TPSA) is 56.7 Å². The fourth-order valence-corrected chi connectivity index (χ4v) is 2.57. The van der Waals surface area contributed by atoms with Gasteiger partial charge in [-0.3, -0.25) is 4.57 Å². The minimum atomic E-state index is 0.385. The zero-order valence-corrected chi connectivity index (χ0v) is 12.4. The molecule has 96 valence electrons. The number of nitrogens with zero attached hydrogens (tertiary/aromatic N) is 3. The van der Waals surface area contributed by atoms with Gasteiger partial charge in [0.15, 0.2) is 5.65 Å². The minimum Gasteiger partial charge on any atom is -0.369 e. The molecule has 0 amide bonds. The van der Waals surface area contributed by atoms with Gasteiger partial charge in [0.2, 0.25) is 5.95 Å². The van der Waals surface area contributed by atoms with E-state index in [9.17, 15) is 0 Å². The lowest BCUT2D eigenvalue weighted by molar-refractivity contribution is 1.07. The molecule has 1 aromatic carbocycles. The van der Waals surface area contributed by atoms with Crippen molar-refractivity contribution in [2.24, 2.45) is 0 Å². The highest BCUT2D eigenvalue weighted by Gasteiger charge is 2.14. The molecule has 19 heavy (non-hydrogen) atoms. The molecule has 2 aromatic heterocycles. The minimum absolute atomic E-state index is 0.385. The van der Waals surface area contributed by atoms with Gasteiger partial charge in [-0.25, -0.2) is 9.97 Å². The highest BCUT2D eigenvalue weighted by Crippen LogP contribution is 2.28. The Bertz CT molecular complexity index is 782. The quantitative estimate of drug-likeness (QED) is 0.736. The van der Waals surface area contributed by atoms with E-state index in [4.69, 9.17) is 17.3 Å². The molecular formula is C13H10BrClN4. The van der Waals surface area contributed by atoms with Crippen LogP contribution in [-0.4, -0.2) is 14.5 Å². The Labute approximate surface area is 123 Å². The predicted molar refractivity (Wildman–Crippen MR) is 80.7 cm³/mol. The van der Waals surface area contributed by atoms with Gasteiger partial charge in [-0.15, -0.1) is 0 Å². The molecule has 0 radical (unpaired) electrons. The molecule has 0 saturated heterocycles. The zero-order chi connectivity index (χ0) is 13.6. The second-order valence-corrected chi connectivity index (χ2v) is 5.55. The fraction of sp³-hybridized carbons (Fsp3) is 0.0769. The number of halogens is 2. The molecule has 2 heterocycles. The maximum atomic E-state index is 6.00. The van der Waals surface area contributed by atoms with Crippen LogP contribution >= 0.6 is 27.5 Å². The number of imidazole rings is 1. The van der Waals surface area contributed by atoms with Crippen LogP contribution in [0.3, 0.4) is 0 Å². The Hall–Kier alpha value is -1.59. The van der Waals surface area contributed by atoms with E-state index in [1.54, 1.807) is 12.3 Å². The molecular weight excluding hydrogens is 328 g/mol. The van der Waals surface area contributed by atoms with Gasteiger partial charge in [-0.2, -0.15) is 0 Å². The Morgan fingerprint density at radius 2 is 2.11 bits per heavy atom. The van der Waals surface area contributed by atoms with Gasteiger partial charge in [0.1, 0.15) is 5.52 Å². The molecule has 0 aliphatic carbocycles. The second-order valence-electron chi connectivity index (χ2n) is 4.26. The van der Waals surface area contributed by atoms with Crippen molar-refractivity contribution in [3.63, 3.8) is 0 Å². The lowest BCUT2D eigenvalue weighted by Gasteiger charge is -2.09. The summed E-state index contributed by atoms with van der Waals surface area (Å²) >= 11 is 9.45. The van der Waals surface area contributed by atoms with Crippen molar-refractivity contribution in [3.05, 3.63) is 45.5 Å². The summed E-state index contributed by atoms with van der Waals surface area (Å²) in [6.07, 6.45) is 1.59.